The third kappa shape index (κ3) is 3.30. The van der Waals surface area contributed by atoms with E-state index in [1.165, 1.54) is 28.2 Å². The molecule has 0 radical (unpaired) electrons. The summed E-state index contributed by atoms with van der Waals surface area (Å²) in [4.78, 5) is 20.2. The van der Waals surface area contributed by atoms with Crippen LogP contribution in [-0.2, 0) is 11.2 Å². The van der Waals surface area contributed by atoms with Crippen LogP contribution in [0.15, 0.2) is 29.0 Å². The van der Waals surface area contributed by atoms with Gasteiger partial charge in [-0.15, -0.1) is 22.7 Å². The number of rotatable bonds is 3. The van der Waals surface area contributed by atoms with Crippen molar-refractivity contribution in [3.63, 3.8) is 0 Å². The van der Waals surface area contributed by atoms with Gasteiger partial charge in [0.1, 0.15) is 0 Å². The lowest BCUT2D eigenvalue weighted by Crippen LogP contribution is -2.44. The second-order valence-electron chi connectivity index (χ2n) is 6.73. The highest BCUT2D eigenvalue weighted by atomic mass is 32.1. The highest BCUT2D eigenvalue weighted by Gasteiger charge is 2.32. The zero-order valence-corrected chi connectivity index (χ0v) is 15.6. The van der Waals surface area contributed by atoms with Crippen LogP contribution in [0.5, 0.6) is 0 Å². The minimum absolute atomic E-state index is 0.260. The van der Waals surface area contributed by atoms with Crippen LogP contribution in [0.2, 0.25) is 0 Å². The number of hydrogen-bond donors (Lipinski definition) is 0. The Morgan fingerprint density at radius 1 is 1.04 bits per heavy atom. The summed E-state index contributed by atoms with van der Waals surface area (Å²) < 4.78 is 0. The summed E-state index contributed by atoms with van der Waals surface area (Å²) >= 11 is 3.67. The predicted octanol–water partition coefficient (Wildman–Crippen LogP) is 4.16. The van der Waals surface area contributed by atoms with Crippen molar-refractivity contribution in [1.82, 2.24) is 9.80 Å². The van der Waals surface area contributed by atoms with Crippen LogP contribution in [0.4, 0.5) is 0 Å². The second kappa shape index (κ2) is 7.38. The van der Waals surface area contributed by atoms with E-state index in [1.807, 2.05) is 11.3 Å². The molecule has 0 saturated carbocycles. The molecule has 0 bridgehead atoms. The highest BCUT2D eigenvalue weighted by molar-refractivity contribution is 7.10. The van der Waals surface area contributed by atoms with Crippen LogP contribution in [0, 0.1) is 0 Å². The van der Waals surface area contributed by atoms with E-state index in [2.05, 4.69) is 38.8 Å². The van der Waals surface area contributed by atoms with Crippen LogP contribution in [0.25, 0.3) is 0 Å². The first-order valence-electron chi connectivity index (χ1n) is 8.94. The topological polar surface area (TPSA) is 23.6 Å². The van der Waals surface area contributed by atoms with Gasteiger partial charge < -0.3 is 4.90 Å². The molecule has 1 saturated heterocycles. The number of amides is 1. The van der Waals surface area contributed by atoms with Crippen molar-refractivity contribution in [2.24, 2.45) is 0 Å². The van der Waals surface area contributed by atoms with Gasteiger partial charge in [0.2, 0.25) is 5.91 Å². The van der Waals surface area contributed by atoms with Gasteiger partial charge in [-0.2, -0.15) is 0 Å². The van der Waals surface area contributed by atoms with Gasteiger partial charge >= 0.3 is 0 Å². The maximum absolute atomic E-state index is 12.9. The number of likely N-dealkylation sites (tertiary alicyclic amines) is 1. The molecule has 2 aromatic rings. The van der Waals surface area contributed by atoms with Crippen LogP contribution in [0.3, 0.4) is 0 Å². The van der Waals surface area contributed by atoms with Gasteiger partial charge in [-0.25, -0.2) is 0 Å². The van der Waals surface area contributed by atoms with Crippen molar-refractivity contribution in [3.05, 3.63) is 44.3 Å². The molecular weight excluding hydrogens is 336 g/mol. The summed E-state index contributed by atoms with van der Waals surface area (Å²) in [5.74, 6) is 0.317. The number of carbonyl (C=O) groups is 1. The molecule has 1 amide bonds. The summed E-state index contributed by atoms with van der Waals surface area (Å²) in [5.41, 5.74) is 1.41. The van der Waals surface area contributed by atoms with Crippen molar-refractivity contribution in [1.29, 1.82) is 0 Å². The Morgan fingerprint density at radius 2 is 1.88 bits per heavy atom. The predicted molar refractivity (Wildman–Crippen MR) is 101 cm³/mol. The van der Waals surface area contributed by atoms with Gasteiger partial charge in [0.25, 0.3) is 0 Å². The van der Waals surface area contributed by atoms with Gasteiger partial charge in [0.15, 0.2) is 0 Å². The Hall–Kier alpha value is -1.17. The van der Waals surface area contributed by atoms with E-state index in [4.69, 9.17) is 0 Å². The van der Waals surface area contributed by atoms with Crippen LogP contribution in [0.1, 0.15) is 47.0 Å². The summed E-state index contributed by atoms with van der Waals surface area (Å²) in [6, 6.07) is 6.85. The summed E-state index contributed by atoms with van der Waals surface area (Å²) in [6.45, 7) is 3.42. The monoisotopic (exact) mass is 360 g/mol. The first kappa shape index (κ1) is 16.3. The maximum atomic E-state index is 12.9. The number of thiophene rings is 2. The zero-order chi connectivity index (χ0) is 16.4. The number of hydrogen-bond acceptors (Lipinski definition) is 4. The molecule has 3 nitrogen and oxygen atoms in total. The number of nitrogens with zero attached hydrogens (tertiary/aromatic N) is 2. The fourth-order valence-corrected chi connectivity index (χ4v) is 5.69. The fraction of sp³-hybridized carbons (Fsp3) is 0.526. The normalized spacial score (nSPS) is 22.2. The molecule has 0 unspecified atom stereocenters. The number of fused-ring (bicyclic) bond motifs is 1. The Kier molecular flexibility index (Phi) is 5.01. The molecule has 2 aromatic heterocycles. The quantitative estimate of drug-likeness (QED) is 0.820. The Morgan fingerprint density at radius 3 is 2.62 bits per heavy atom. The number of carbonyl (C=O) groups excluding carboxylic acids is 1. The average molecular weight is 361 g/mol. The Bertz CT molecular complexity index is 671. The lowest BCUT2D eigenvalue weighted by atomic mass is 9.98. The average Bonchev–Trinajstić information content (AvgIpc) is 3.21. The van der Waals surface area contributed by atoms with Gasteiger partial charge in [-0.3, -0.25) is 9.69 Å². The molecule has 2 aliphatic heterocycles. The molecule has 0 spiro atoms. The molecule has 4 heterocycles. The molecule has 1 fully saturated rings. The summed E-state index contributed by atoms with van der Waals surface area (Å²) in [6.07, 6.45) is 5.93. The van der Waals surface area contributed by atoms with E-state index < -0.39 is 0 Å². The van der Waals surface area contributed by atoms with Crippen molar-refractivity contribution < 1.29 is 4.79 Å². The third-order valence-corrected chi connectivity index (χ3v) is 7.10. The first-order valence-corrected chi connectivity index (χ1v) is 10.7. The minimum atomic E-state index is 0.260. The van der Waals surface area contributed by atoms with Crippen LogP contribution < -0.4 is 0 Å². The largest absolute Gasteiger partial charge is 0.342 e. The third-order valence-electron chi connectivity index (χ3n) is 5.18. The smallest absolute Gasteiger partial charge is 0.236 e. The van der Waals surface area contributed by atoms with Crippen molar-refractivity contribution >= 4 is 28.6 Å². The lowest BCUT2D eigenvalue weighted by Gasteiger charge is -2.36. The molecule has 128 valence electrons. The van der Waals surface area contributed by atoms with E-state index in [0.29, 0.717) is 12.5 Å². The van der Waals surface area contributed by atoms with E-state index in [0.717, 1.165) is 38.9 Å². The molecule has 0 N–H and O–H groups in total. The van der Waals surface area contributed by atoms with Crippen LogP contribution >= 0.6 is 22.7 Å². The molecule has 24 heavy (non-hydrogen) atoms. The van der Waals surface area contributed by atoms with Gasteiger partial charge in [-0.1, -0.05) is 18.9 Å². The molecule has 0 aliphatic carbocycles. The Labute approximate surface area is 151 Å². The molecule has 5 heteroatoms. The first-order chi connectivity index (χ1) is 11.8. The molecule has 2 aliphatic rings. The van der Waals surface area contributed by atoms with Crippen molar-refractivity contribution in [3.8, 4) is 0 Å². The Balaban J connectivity index is 1.54. The molecular formula is C19H24N2OS2. The minimum Gasteiger partial charge on any atom is -0.342 e. The molecule has 4 rings (SSSR count). The van der Waals surface area contributed by atoms with Crippen molar-refractivity contribution in [2.45, 2.75) is 38.1 Å². The summed E-state index contributed by atoms with van der Waals surface area (Å²) in [5, 5.41) is 4.34. The van der Waals surface area contributed by atoms with Crippen molar-refractivity contribution in [2.75, 3.05) is 26.2 Å². The molecule has 0 aromatic carbocycles. The van der Waals surface area contributed by atoms with E-state index in [-0.39, 0.29) is 6.04 Å². The maximum Gasteiger partial charge on any atom is 0.236 e. The van der Waals surface area contributed by atoms with E-state index in [9.17, 15) is 4.79 Å². The SMILES string of the molecule is O=C(CN1CCc2sccc2[C@@H]1c1cccs1)N1CCCCCC1. The second-order valence-corrected chi connectivity index (χ2v) is 8.71. The van der Waals surface area contributed by atoms with E-state index >= 15 is 0 Å². The van der Waals surface area contributed by atoms with Gasteiger partial charge in [0.05, 0.1) is 12.6 Å². The van der Waals surface area contributed by atoms with Gasteiger partial charge in [0, 0.05) is 29.4 Å². The fourth-order valence-electron chi connectivity index (χ4n) is 3.91. The standard InChI is InChI=1S/C19H24N2OS2/c22-18(20-9-3-1-2-4-10-20)14-21-11-7-16-15(8-13-24-16)19(21)17-6-5-12-23-17/h5-6,8,12-13,19H,1-4,7,9-11,14H2/t19-/m1/s1. The van der Waals surface area contributed by atoms with E-state index in [1.54, 1.807) is 11.3 Å². The van der Waals surface area contributed by atoms with Crippen LogP contribution in [-0.4, -0.2) is 41.9 Å². The summed E-state index contributed by atoms with van der Waals surface area (Å²) in [7, 11) is 0. The lowest BCUT2D eigenvalue weighted by molar-refractivity contribution is -0.132. The highest BCUT2D eigenvalue weighted by Crippen LogP contribution is 2.39. The zero-order valence-electron chi connectivity index (χ0n) is 13.9. The van der Waals surface area contributed by atoms with Gasteiger partial charge in [-0.05, 0) is 47.7 Å². The molecule has 1 atom stereocenters.